The van der Waals surface area contributed by atoms with Crippen molar-refractivity contribution in [3.63, 3.8) is 0 Å². The van der Waals surface area contributed by atoms with Crippen molar-refractivity contribution in [1.29, 1.82) is 0 Å². The maximum atomic E-state index is 13.3. The van der Waals surface area contributed by atoms with Gasteiger partial charge >= 0.3 is 0 Å². The van der Waals surface area contributed by atoms with E-state index < -0.39 is 6.17 Å². The van der Waals surface area contributed by atoms with E-state index in [0.29, 0.717) is 22.2 Å². The predicted molar refractivity (Wildman–Crippen MR) is 138 cm³/mol. The zero-order valence-corrected chi connectivity index (χ0v) is 20.0. The molecule has 3 aromatic rings. The lowest BCUT2D eigenvalue weighted by Gasteiger charge is -2.22. The van der Waals surface area contributed by atoms with Gasteiger partial charge in [0.15, 0.2) is 5.11 Å². The van der Waals surface area contributed by atoms with E-state index in [1.807, 2.05) is 67.6 Å². The molecule has 8 heteroatoms. The Morgan fingerprint density at radius 3 is 2.61 bits per heavy atom. The maximum absolute atomic E-state index is 13.3. The highest BCUT2D eigenvalue weighted by molar-refractivity contribution is 7.80. The SMILES string of the molecule is COc1ccc(C)cc1NC(=S)NC1N=C(c2ccccc2)c2cc(Cl)ccc2N(C)C1=O. The first kappa shape index (κ1) is 22.8. The number of methoxy groups -OCH3 is 1. The van der Waals surface area contributed by atoms with Gasteiger partial charge in [0, 0.05) is 23.2 Å². The van der Waals surface area contributed by atoms with Crippen molar-refractivity contribution in [2.75, 3.05) is 24.4 Å². The first-order valence-electron chi connectivity index (χ1n) is 10.3. The van der Waals surface area contributed by atoms with Crippen LogP contribution in [-0.4, -0.2) is 37.1 Å². The van der Waals surface area contributed by atoms with E-state index in [-0.39, 0.29) is 11.0 Å². The first-order chi connectivity index (χ1) is 15.9. The average molecular weight is 479 g/mol. The highest BCUT2D eigenvalue weighted by atomic mass is 35.5. The summed E-state index contributed by atoms with van der Waals surface area (Å²) in [7, 11) is 3.31. The smallest absolute Gasteiger partial charge is 0.272 e. The minimum atomic E-state index is -0.938. The van der Waals surface area contributed by atoms with Crippen LogP contribution in [0, 0.1) is 6.92 Å². The summed E-state index contributed by atoms with van der Waals surface area (Å²) in [5, 5.41) is 7.00. The number of anilines is 2. The molecule has 0 fully saturated rings. The largest absolute Gasteiger partial charge is 0.495 e. The fourth-order valence-electron chi connectivity index (χ4n) is 3.67. The summed E-state index contributed by atoms with van der Waals surface area (Å²) in [5.41, 5.74) is 4.76. The minimum Gasteiger partial charge on any atom is -0.495 e. The van der Waals surface area contributed by atoms with Crippen LogP contribution in [0.3, 0.4) is 0 Å². The van der Waals surface area contributed by atoms with Gasteiger partial charge in [-0.15, -0.1) is 0 Å². The monoisotopic (exact) mass is 478 g/mol. The van der Waals surface area contributed by atoms with Crippen LogP contribution in [-0.2, 0) is 4.79 Å². The average Bonchev–Trinajstić information content (AvgIpc) is 2.90. The molecule has 0 saturated carbocycles. The Labute approximate surface area is 203 Å². The summed E-state index contributed by atoms with van der Waals surface area (Å²) in [5.74, 6) is 0.398. The number of benzene rings is 3. The molecule has 1 unspecified atom stereocenters. The van der Waals surface area contributed by atoms with Crippen LogP contribution >= 0.6 is 23.8 Å². The van der Waals surface area contributed by atoms with Crippen LogP contribution in [0.2, 0.25) is 5.02 Å². The van der Waals surface area contributed by atoms with Gasteiger partial charge in [0.25, 0.3) is 5.91 Å². The molecular formula is C25H23ClN4O2S. The summed E-state index contributed by atoms with van der Waals surface area (Å²) in [6, 6.07) is 20.8. The number of fused-ring (bicyclic) bond motifs is 1. The topological polar surface area (TPSA) is 66.0 Å². The van der Waals surface area contributed by atoms with Crippen LogP contribution in [0.5, 0.6) is 5.75 Å². The molecule has 0 aromatic heterocycles. The van der Waals surface area contributed by atoms with E-state index in [4.69, 9.17) is 33.5 Å². The van der Waals surface area contributed by atoms with Gasteiger partial charge in [0.1, 0.15) is 5.75 Å². The lowest BCUT2D eigenvalue weighted by molar-refractivity contribution is -0.119. The lowest BCUT2D eigenvalue weighted by atomic mass is 10.0. The molecule has 6 nitrogen and oxygen atoms in total. The molecule has 0 spiro atoms. The molecule has 0 bridgehead atoms. The Morgan fingerprint density at radius 1 is 1.12 bits per heavy atom. The van der Waals surface area contributed by atoms with Crippen LogP contribution in [0.4, 0.5) is 11.4 Å². The molecule has 1 heterocycles. The fourth-order valence-corrected chi connectivity index (χ4v) is 4.06. The van der Waals surface area contributed by atoms with Gasteiger partial charge in [-0.3, -0.25) is 4.79 Å². The molecule has 1 aliphatic heterocycles. The maximum Gasteiger partial charge on any atom is 0.272 e. The van der Waals surface area contributed by atoms with E-state index in [1.165, 1.54) is 0 Å². The zero-order chi connectivity index (χ0) is 23.5. The quantitative estimate of drug-likeness (QED) is 0.528. The second-order valence-corrected chi connectivity index (χ2v) is 8.45. The van der Waals surface area contributed by atoms with E-state index >= 15 is 0 Å². The Balaban J connectivity index is 1.71. The molecular weight excluding hydrogens is 456 g/mol. The number of rotatable bonds is 4. The van der Waals surface area contributed by atoms with Gasteiger partial charge in [-0.2, -0.15) is 0 Å². The van der Waals surface area contributed by atoms with Gasteiger partial charge in [0.2, 0.25) is 6.17 Å². The van der Waals surface area contributed by atoms with E-state index in [0.717, 1.165) is 22.4 Å². The number of benzodiazepines with no additional fused rings is 1. The summed E-state index contributed by atoms with van der Waals surface area (Å²) < 4.78 is 5.41. The molecule has 1 atom stereocenters. The van der Waals surface area contributed by atoms with Gasteiger partial charge in [-0.05, 0) is 55.0 Å². The molecule has 0 aliphatic carbocycles. The molecule has 33 heavy (non-hydrogen) atoms. The second-order valence-electron chi connectivity index (χ2n) is 7.61. The standard InChI is InChI=1S/C25H23ClN4O2S/c1-15-9-12-21(32-3)19(13-15)27-25(33)29-23-24(31)30(2)20-11-10-17(26)14-18(20)22(28-23)16-7-5-4-6-8-16/h4-14,23H,1-3H3,(H2,27,29,33). The summed E-state index contributed by atoms with van der Waals surface area (Å²) in [6.45, 7) is 1.98. The van der Waals surface area contributed by atoms with Gasteiger partial charge in [-0.25, -0.2) is 4.99 Å². The van der Waals surface area contributed by atoms with E-state index in [1.54, 1.807) is 25.1 Å². The van der Waals surface area contributed by atoms with Crippen molar-refractivity contribution >= 4 is 51.9 Å². The van der Waals surface area contributed by atoms with Crippen LogP contribution in [0.25, 0.3) is 0 Å². The molecule has 168 valence electrons. The third kappa shape index (κ3) is 4.84. The number of amides is 1. The number of carbonyl (C=O) groups excluding carboxylic acids is 1. The van der Waals surface area contributed by atoms with Crippen LogP contribution in [0.1, 0.15) is 16.7 Å². The van der Waals surface area contributed by atoms with Crippen molar-refractivity contribution in [3.8, 4) is 5.75 Å². The Hall–Kier alpha value is -3.42. The molecule has 3 aromatic carbocycles. The number of halogens is 1. The number of hydrogen-bond donors (Lipinski definition) is 2. The third-order valence-corrected chi connectivity index (χ3v) is 5.77. The Kier molecular flexibility index (Phi) is 6.62. The van der Waals surface area contributed by atoms with Gasteiger partial charge in [0.05, 0.1) is 24.2 Å². The molecule has 2 N–H and O–H groups in total. The van der Waals surface area contributed by atoms with Crippen molar-refractivity contribution in [3.05, 3.63) is 88.4 Å². The molecule has 4 rings (SSSR count). The van der Waals surface area contributed by atoms with E-state index in [2.05, 4.69) is 10.6 Å². The molecule has 0 radical (unpaired) electrons. The summed E-state index contributed by atoms with van der Waals surface area (Å²) >= 11 is 11.8. The number of thiocarbonyl (C=S) groups is 1. The highest BCUT2D eigenvalue weighted by Gasteiger charge is 2.30. The second kappa shape index (κ2) is 9.60. The molecule has 1 aliphatic rings. The predicted octanol–water partition coefficient (Wildman–Crippen LogP) is 4.78. The number of aryl methyl sites for hydroxylation is 1. The Morgan fingerprint density at radius 2 is 1.88 bits per heavy atom. The van der Waals surface area contributed by atoms with Crippen molar-refractivity contribution in [1.82, 2.24) is 5.32 Å². The first-order valence-corrected chi connectivity index (χ1v) is 11.1. The third-order valence-electron chi connectivity index (χ3n) is 5.32. The Bertz CT molecular complexity index is 1250. The number of ether oxygens (including phenoxy) is 1. The van der Waals surface area contributed by atoms with Crippen LogP contribution < -0.4 is 20.3 Å². The van der Waals surface area contributed by atoms with Crippen LogP contribution in [0.15, 0.2) is 71.7 Å². The number of likely N-dealkylation sites (N-methyl/N-ethyl adjacent to an activating group) is 1. The van der Waals surface area contributed by atoms with Crippen molar-refractivity contribution in [2.24, 2.45) is 4.99 Å². The highest BCUT2D eigenvalue weighted by Crippen LogP contribution is 2.30. The van der Waals surface area contributed by atoms with E-state index in [9.17, 15) is 4.79 Å². The normalized spacial score (nSPS) is 15.3. The summed E-state index contributed by atoms with van der Waals surface area (Å²) in [6.07, 6.45) is -0.938. The molecule has 0 saturated heterocycles. The fraction of sp³-hybridized carbons (Fsp3) is 0.160. The lowest BCUT2D eigenvalue weighted by Crippen LogP contribution is -2.47. The van der Waals surface area contributed by atoms with Gasteiger partial charge in [-0.1, -0.05) is 48.0 Å². The van der Waals surface area contributed by atoms with Gasteiger partial charge < -0.3 is 20.3 Å². The van der Waals surface area contributed by atoms with Crippen molar-refractivity contribution in [2.45, 2.75) is 13.1 Å². The number of aliphatic imine (C=N–C) groups is 1. The number of nitrogens with zero attached hydrogens (tertiary/aromatic N) is 2. The zero-order valence-electron chi connectivity index (χ0n) is 18.4. The molecule has 1 amide bonds. The number of carbonyl (C=O) groups is 1. The summed E-state index contributed by atoms with van der Waals surface area (Å²) in [4.78, 5) is 19.7. The minimum absolute atomic E-state index is 0.245. The van der Waals surface area contributed by atoms with Crippen molar-refractivity contribution < 1.29 is 9.53 Å². The number of nitrogens with one attached hydrogen (secondary N) is 2. The number of hydrogen-bond acceptors (Lipinski definition) is 4.